The summed E-state index contributed by atoms with van der Waals surface area (Å²) < 4.78 is 29.0. The van der Waals surface area contributed by atoms with Crippen LogP contribution in [0.1, 0.15) is 12.5 Å². The monoisotopic (exact) mass is 243 g/mol. The Labute approximate surface area is 96.3 Å². The Kier molecular flexibility index (Phi) is 3.93. The van der Waals surface area contributed by atoms with E-state index in [2.05, 4.69) is 0 Å². The second-order valence-corrected chi connectivity index (χ2v) is 5.86. The molecule has 0 fully saturated rings. The van der Waals surface area contributed by atoms with Crippen LogP contribution < -0.4 is 5.73 Å². The molecule has 0 aliphatic heterocycles. The molecule has 0 aliphatic carbocycles. The molecule has 0 aromatic heterocycles. The number of hydrogen-bond donors (Lipinski definition) is 1. The van der Waals surface area contributed by atoms with E-state index >= 15 is 0 Å². The lowest BCUT2D eigenvalue weighted by atomic mass is 10.2. The van der Waals surface area contributed by atoms with Crippen LogP contribution in [-0.4, -0.2) is 27.4 Å². The summed E-state index contributed by atoms with van der Waals surface area (Å²) in [5.74, 6) is -0.0196. The fourth-order valence-electron chi connectivity index (χ4n) is 1.49. The van der Waals surface area contributed by atoms with Crippen LogP contribution in [0.25, 0.3) is 0 Å². The maximum absolute atomic E-state index is 12.0. The van der Waals surface area contributed by atoms with Gasteiger partial charge in [-0.3, -0.25) is 0 Å². The van der Waals surface area contributed by atoms with Gasteiger partial charge in [-0.15, -0.1) is 0 Å². The largest absolute Gasteiger partial charge is 0.399 e. The van der Waals surface area contributed by atoms with Crippen LogP contribution in [0, 0.1) is 6.92 Å². The van der Waals surface area contributed by atoms with Gasteiger partial charge in [0.15, 0.2) is 9.84 Å². The lowest BCUT2D eigenvalue weighted by molar-refractivity contribution is 0.136. The summed E-state index contributed by atoms with van der Waals surface area (Å²) in [6, 6.07) is 4.80. The van der Waals surface area contributed by atoms with Crippen molar-refractivity contribution in [3.63, 3.8) is 0 Å². The highest BCUT2D eigenvalue weighted by molar-refractivity contribution is 7.91. The Hall–Kier alpha value is -1.07. The minimum atomic E-state index is -3.30. The zero-order chi connectivity index (χ0) is 12.3. The normalized spacial score (nSPS) is 13.7. The lowest BCUT2D eigenvalue weighted by Gasteiger charge is -2.12. The van der Waals surface area contributed by atoms with E-state index in [4.69, 9.17) is 10.5 Å². The zero-order valence-electron chi connectivity index (χ0n) is 9.73. The first-order valence-corrected chi connectivity index (χ1v) is 6.63. The third-order valence-corrected chi connectivity index (χ3v) is 4.43. The van der Waals surface area contributed by atoms with Crippen LogP contribution in [0.3, 0.4) is 0 Å². The Balaban J connectivity index is 3.08. The summed E-state index contributed by atoms with van der Waals surface area (Å²) in [7, 11) is -1.80. The van der Waals surface area contributed by atoms with Crippen molar-refractivity contribution in [2.24, 2.45) is 0 Å². The molecule has 1 aromatic rings. The maximum Gasteiger partial charge on any atom is 0.181 e. The van der Waals surface area contributed by atoms with E-state index in [-0.39, 0.29) is 11.9 Å². The van der Waals surface area contributed by atoms with Gasteiger partial charge < -0.3 is 10.5 Å². The van der Waals surface area contributed by atoms with Gasteiger partial charge in [-0.25, -0.2) is 8.42 Å². The third kappa shape index (κ3) is 2.96. The maximum atomic E-state index is 12.0. The van der Waals surface area contributed by atoms with Crippen molar-refractivity contribution >= 4 is 15.5 Å². The summed E-state index contributed by atoms with van der Waals surface area (Å²) in [4.78, 5) is 0.325. The first-order valence-electron chi connectivity index (χ1n) is 4.98. The number of methoxy groups -OCH3 is 1. The quantitative estimate of drug-likeness (QED) is 0.811. The Bertz CT molecular complexity index is 468. The molecule has 1 atom stereocenters. The molecule has 16 heavy (non-hydrogen) atoms. The molecule has 0 spiro atoms. The van der Waals surface area contributed by atoms with Crippen molar-refractivity contribution in [3.8, 4) is 0 Å². The summed E-state index contributed by atoms with van der Waals surface area (Å²) in [6.07, 6.45) is -0.318. The number of benzene rings is 1. The van der Waals surface area contributed by atoms with Gasteiger partial charge >= 0.3 is 0 Å². The molecule has 0 aliphatic rings. The van der Waals surface area contributed by atoms with E-state index in [0.29, 0.717) is 16.1 Å². The third-order valence-electron chi connectivity index (χ3n) is 2.39. The van der Waals surface area contributed by atoms with E-state index in [1.54, 1.807) is 32.0 Å². The Morgan fingerprint density at radius 1 is 1.44 bits per heavy atom. The number of ether oxygens (including phenoxy) is 1. The summed E-state index contributed by atoms with van der Waals surface area (Å²) in [5.41, 5.74) is 6.81. The highest BCUT2D eigenvalue weighted by Crippen LogP contribution is 2.20. The average Bonchev–Trinajstić information content (AvgIpc) is 2.16. The van der Waals surface area contributed by atoms with E-state index in [9.17, 15) is 8.42 Å². The summed E-state index contributed by atoms with van der Waals surface area (Å²) in [5, 5.41) is 0. The molecular weight excluding hydrogens is 226 g/mol. The van der Waals surface area contributed by atoms with Gasteiger partial charge in [0.05, 0.1) is 16.8 Å². The first kappa shape index (κ1) is 13.0. The fraction of sp³-hybridized carbons (Fsp3) is 0.455. The molecular formula is C11H17NO3S. The highest BCUT2D eigenvalue weighted by atomic mass is 32.2. The van der Waals surface area contributed by atoms with Crippen molar-refractivity contribution < 1.29 is 13.2 Å². The number of hydrogen-bond acceptors (Lipinski definition) is 4. The lowest BCUT2D eigenvalue weighted by Crippen LogP contribution is -2.20. The van der Waals surface area contributed by atoms with Crippen LogP contribution in [-0.2, 0) is 14.6 Å². The second kappa shape index (κ2) is 4.84. The zero-order valence-corrected chi connectivity index (χ0v) is 10.5. The fourth-order valence-corrected chi connectivity index (χ4v) is 3.25. The number of rotatable bonds is 4. The van der Waals surface area contributed by atoms with E-state index in [0.717, 1.165) is 0 Å². The number of aryl methyl sites for hydroxylation is 1. The van der Waals surface area contributed by atoms with Gasteiger partial charge in [-0.05, 0) is 37.6 Å². The van der Waals surface area contributed by atoms with Gasteiger partial charge in [-0.2, -0.15) is 0 Å². The van der Waals surface area contributed by atoms with Crippen LogP contribution in [0.4, 0.5) is 5.69 Å². The van der Waals surface area contributed by atoms with E-state index in [1.165, 1.54) is 7.11 Å². The van der Waals surface area contributed by atoms with Crippen molar-refractivity contribution in [2.75, 3.05) is 18.6 Å². The van der Waals surface area contributed by atoms with Gasteiger partial charge in [0.2, 0.25) is 0 Å². The number of nitrogens with two attached hydrogens (primary N) is 1. The summed E-state index contributed by atoms with van der Waals surface area (Å²) in [6.45, 7) is 3.46. The number of nitrogen functional groups attached to an aromatic ring is 1. The molecule has 0 bridgehead atoms. The molecule has 2 N–H and O–H groups in total. The van der Waals surface area contributed by atoms with E-state index < -0.39 is 9.84 Å². The van der Waals surface area contributed by atoms with E-state index in [1.807, 2.05) is 0 Å². The van der Waals surface area contributed by atoms with Gasteiger partial charge in [0.25, 0.3) is 0 Å². The molecule has 0 amide bonds. The van der Waals surface area contributed by atoms with Crippen LogP contribution >= 0.6 is 0 Å². The number of anilines is 1. The van der Waals surface area contributed by atoms with Crippen LogP contribution in [0.15, 0.2) is 23.1 Å². The van der Waals surface area contributed by atoms with Crippen molar-refractivity contribution in [1.29, 1.82) is 0 Å². The minimum Gasteiger partial charge on any atom is -0.399 e. The molecule has 1 rings (SSSR count). The van der Waals surface area contributed by atoms with Gasteiger partial charge in [0, 0.05) is 12.8 Å². The van der Waals surface area contributed by atoms with Crippen LogP contribution in [0.5, 0.6) is 0 Å². The predicted octanol–water partition coefficient (Wildman–Crippen LogP) is 1.39. The first-order chi connectivity index (χ1) is 7.36. The van der Waals surface area contributed by atoms with Crippen molar-refractivity contribution in [3.05, 3.63) is 23.8 Å². The Morgan fingerprint density at radius 2 is 2.06 bits per heavy atom. The SMILES string of the molecule is COC(C)CS(=O)(=O)c1ccc(N)cc1C. The highest BCUT2D eigenvalue weighted by Gasteiger charge is 2.20. The molecule has 4 nitrogen and oxygen atoms in total. The van der Waals surface area contributed by atoms with Crippen LogP contribution in [0.2, 0.25) is 0 Å². The second-order valence-electron chi connectivity index (χ2n) is 3.85. The molecule has 0 saturated carbocycles. The molecule has 90 valence electrons. The smallest absolute Gasteiger partial charge is 0.181 e. The predicted molar refractivity (Wildman–Crippen MR) is 64.1 cm³/mol. The molecule has 5 heteroatoms. The molecule has 1 unspecified atom stereocenters. The van der Waals surface area contributed by atoms with Gasteiger partial charge in [-0.1, -0.05) is 0 Å². The molecule has 0 heterocycles. The summed E-state index contributed by atoms with van der Waals surface area (Å²) >= 11 is 0. The number of sulfone groups is 1. The minimum absolute atomic E-state index is 0.0196. The molecule has 1 aromatic carbocycles. The molecule has 0 saturated heterocycles. The van der Waals surface area contributed by atoms with Crippen molar-refractivity contribution in [2.45, 2.75) is 24.8 Å². The standard InChI is InChI=1S/C11H17NO3S/c1-8-6-10(12)4-5-11(8)16(13,14)7-9(2)15-3/h4-6,9H,7,12H2,1-3H3. The topological polar surface area (TPSA) is 69.4 Å². The average molecular weight is 243 g/mol. The van der Waals surface area contributed by atoms with Gasteiger partial charge in [0.1, 0.15) is 0 Å². The Morgan fingerprint density at radius 3 is 2.56 bits per heavy atom. The van der Waals surface area contributed by atoms with Crippen molar-refractivity contribution in [1.82, 2.24) is 0 Å². The molecule has 0 radical (unpaired) electrons.